The van der Waals surface area contributed by atoms with Gasteiger partial charge in [-0.3, -0.25) is 52.7 Å². The molecule has 13 atom stereocenters. The number of rotatable bonds is 31. The molecule has 2 aromatic carbocycles. The van der Waals surface area contributed by atoms with Gasteiger partial charge >= 0.3 is 0 Å². The molecule has 1 fully saturated rings. The van der Waals surface area contributed by atoms with Gasteiger partial charge in [0, 0.05) is 19.4 Å². The van der Waals surface area contributed by atoms with E-state index in [4.69, 9.17) is 28.7 Å². The molecule has 11 amide bonds. The van der Waals surface area contributed by atoms with Crippen molar-refractivity contribution in [3.63, 3.8) is 0 Å². The summed E-state index contributed by atoms with van der Waals surface area (Å²) < 4.78 is 0. The lowest BCUT2D eigenvalue weighted by Gasteiger charge is -2.29. The molecule has 0 spiro atoms. The lowest BCUT2D eigenvalue weighted by molar-refractivity contribution is -0.137. The topological polar surface area (TPSA) is 491 Å². The number of benzene rings is 2. The van der Waals surface area contributed by atoms with Gasteiger partial charge in [0.25, 0.3) is 0 Å². The molecular formula is C63H104N16O13. The molecule has 514 valence electrons. The molecule has 0 unspecified atom stereocenters. The lowest BCUT2D eigenvalue weighted by Crippen LogP contribution is -2.62. The van der Waals surface area contributed by atoms with Gasteiger partial charge in [-0.25, -0.2) is 0 Å². The number of nitrogens with two attached hydrogens (primary N) is 5. The van der Waals surface area contributed by atoms with Crippen LogP contribution in [0.1, 0.15) is 135 Å². The van der Waals surface area contributed by atoms with Crippen LogP contribution in [0.4, 0.5) is 0 Å². The van der Waals surface area contributed by atoms with Crippen molar-refractivity contribution in [1.82, 2.24) is 58.5 Å². The minimum atomic E-state index is -1.71. The van der Waals surface area contributed by atoms with Gasteiger partial charge in [0.15, 0.2) is 0 Å². The molecule has 1 saturated heterocycles. The summed E-state index contributed by atoms with van der Waals surface area (Å²) in [4.78, 5) is 155. The Morgan fingerprint density at radius 2 is 1.02 bits per heavy atom. The molecule has 0 radical (unpaired) electrons. The second-order valence-corrected chi connectivity index (χ2v) is 24.0. The smallest absolute Gasteiger partial charge is 0.245 e. The summed E-state index contributed by atoms with van der Waals surface area (Å²) in [6, 6.07) is 2.07. The number of amides is 11. The van der Waals surface area contributed by atoms with Crippen LogP contribution in [-0.4, -0.2) is 187 Å². The van der Waals surface area contributed by atoms with Gasteiger partial charge in [0.1, 0.15) is 60.4 Å². The predicted octanol–water partition coefficient (Wildman–Crippen LogP) is -3.65. The minimum Gasteiger partial charge on any atom is -0.391 e. The average molecular weight is 1290 g/mol. The average Bonchev–Trinajstić information content (AvgIpc) is 2.87. The van der Waals surface area contributed by atoms with E-state index in [1.165, 1.54) is 13.8 Å². The van der Waals surface area contributed by atoms with Crippen LogP contribution >= 0.6 is 0 Å². The molecule has 0 aromatic heterocycles. The van der Waals surface area contributed by atoms with E-state index in [-0.39, 0.29) is 90.0 Å². The van der Waals surface area contributed by atoms with Crippen molar-refractivity contribution in [2.45, 2.75) is 204 Å². The predicted molar refractivity (Wildman–Crippen MR) is 345 cm³/mol. The van der Waals surface area contributed by atoms with Crippen LogP contribution < -0.4 is 87.2 Å². The van der Waals surface area contributed by atoms with Crippen molar-refractivity contribution in [3.05, 3.63) is 71.3 Å². The molecule has 1 aliphatic rings. The number of nitrogens with one attached hydrogen (secondary N) is 11. The Balaban J connectivity index is 2.12. The first-order chi connectivity index (χ1) is 43.8. The van der Waals surface area contributed by atoms with Crippen molar-refractivity contribution < 1.29 is 63.0 Å². The van der Waals surface area contributed by atoms with E-state index in [0.29, 0.717) is 24.3 Å². The van der Waals surface area contributed by atoms with Gasteiger partial charge in [0.05, 0.1) is 12.2 Å². The van der Waals surface area contributed by atoms with Crippen LogP contribution in [0.15, 0.2) is 54.6 Å². The second-order valence-electron chi connectivity index (χ2n) is 24.0. The zero-order valence-electron chi connectivity index (χ0n) is 54.2. The number of hydrogen-bond acceptors (Lipinski definition) is 18. The summed E-state index contributed by atoms with van der Waals surface area (Å²) >= 11 is 0. The molecule has 3 rings (SSSR count). The number of aliphatic hydroxyl groups excluding tert-OH is 2. The normalized spacial score (nSPS) is 22.0. The lowest BCUT2D eigenvalue weighted by atomic mass is 9.98. The molecule has 1 heterocycles. The van der Waals surface area contributed by atoms with E-state index in [0.717, 1.165) is 30.4 Å². The van der Waals surface area contributed by atoms with E-state index in [2.05, 4.69) is 72.3 Å². The van der Waals surface area contributed by atoms with Gasteiger partial charge in [-0.05, 0) is 133 Å². The van der Waals surface area contributed by atoms with Crippen LogP contribution in [0.3, 0.4) is 0 Å². The van der Waals surface area contributed by atoms with E-state index in [1.807, 2.05) is 42.5 Å². The summed E-state index contributed by atoms with van der Waals surface area (Å²) in [6.07, 6.45) is -0.558. The minimum absolute atomic E-state index is 0.0206. The fourth-order valence-corrected chi connectivity index (χ4v) is 10.1. The summed E-state index contributed by atoms with van der Waals surface area (Å²) in [7, 11) is 0. The van der Waals surface area contributed by atoms with Crippen LogP contribution in [0.2, 0.25) is 0 Å². The molecular weight excluding hydrogens is 1190 g/mol. The van der Waals surface area contributed by atoms with Crippen molar-refractivity contribution >= 4 is 65.0 Å². The summed E-state index contributed by atoms with van der Waals surface area (Å²) in [5, 5.41) is 50.0. The standard InChI is InChI=1S/C63H104N16O13/c1-7-37(4)13-11-12-16-51(82)70-43(21-27-64)58(87)79-53(39(6)81)63(92)75-46(24-30-67)55(84)74-48-26-32-69-62(91)52(38(5)80)78-59(88)47(25-31-68)72-54(83)44(22-28-65)73-60(89)49(33-36(2)3)76-61(90)50(77-56(85)45(23-29-66)71-57(48)86)35-42-19-17-41(18-20-42)34-40-14-9-8-10-15-40/h8-10,14-15,17-20,36-39,43-50,52-53,80-81H,7,11-13,16,21-35,64-68H2,1-6H3,(H,69,91)(H,70,82)(H,71,86)(H,72,83)(H,73,89)(H,74,84)(H,75,92)(H,76,90)(H,77,85)(H,78,88)(H,79,87)/t37-,38+,39+,43-,44-,45-,46-,47-,48-,49-,50+,52-,53-/m0/s1. The maximum absolute atomic E-state index is 14.7. The van der Waals surface area contributed by atoms with E-state index >= 15 is 0 Å². The molecule has 1 aliphatic heterocycles. The molecule has 2 aromatic rings. The third-order valence-corrected chi connectivity index (χ3v) is 15.7. The van der Waals surface area contributed by atoms with Crippen LogP contribution in [0, 0.1) is 11.8 Å². The highest BCUT2D eigenvalue weighted by Gasteiger charge is 2.38. The Morgan fingerprint density at radius 1 is 0.533 bits per heavy atom. The summed E-state index contributed by atoms with van der Waals surface area (Å²) in [5.74, 6) is -9.51. The van der Waals surface area contributed by atoms with Gasteiger partial charge < -0.3 is 97.4 Å². The van der Waals surface area contributed by atoms with Gasteiger partial charge in [0.2, 0.25) is 65.0 Å². The van der Waals surface area contributed by atoms with Crippen molar-refractivity contribution in [2.75, 3.05) is 39.3 Å². The van der Waals surface area contributed by atoms with Gasteiger partial charge in [-0.1, -0.05) is 102 Å². The quantitative estimate of drug-likeness (QED) is 0.0324. The maximum atomic E-state index is 14.7. The van der Waals surface area contributed by atoms with Crippen LogP contribution in [0.5, 0.6) is 0 Å². The van der Waals surface area contributed by atoms with E-state index < -0.39 is 151 Å². The van der Waals surface area contributed by atoms with Crippen molar-refractivity contribution in [2.24, 2.45) is 40.5 Å². The SMILES string of the molecule is CC[C@H](C)CCCCC(=O)N[C@@H](CCN)C(=O)N[C@H](C(=O)N[C@@H](CCN)C(=O)N[C@H]1CCNC(=O)[C@H]([C@@H](C)O)NC(=O)[C@H](CCN)NC(=O)[C@H](CCN)NC(=O)[C@H](CC(C)C)NC(=O)[C@@H](Cc2ccc(Cc3ccccc3)cc2)NC(=O)[C@H](CCN)NC1=O)[C@@H](C)O. The first-order valence-corrected chi connectivity index (χ1v) is 32.1. The molecule has 0 aliphatic carbocycles. The second kappa shape index (κ2) is 41.7. The Hall–Kier alpha value is -7.67. The Bertz CT molecular complexity index is 2690. The molecule has 29 heteroatoms. The highest BCUT2D eigenvalue weighted by molar-refractivity contribution is 5.99. The highest BCUT2D eigenvalue weighted by Crippen LogP contribution is 2.16. The fourth-order valence-electron chi connectivity index (χ4n) is 10.1. The van der Waals surface area contributed by atoms with Crippen molar-refractivity contribution in [3.8, 4) is 0 Å². The Morgan fingerprint density at radius 3 is 1.54 bits per heavy atom. The molecule has 0 bridgehead atoms. The number of unbranched alkanes of at least 4 members (excludes halogenated alkanes) is 1. The first kappa shape index (κ1) is 78.6. The highest BCUT2D eigenvalue weighted by atomic mass is 16.3. The van der Waals surface area contributed by atoms with Gasteiger partial charge in [-0.2, -0.15) is 0 Å². The summed E-state index contributed by atoms with van der Waals surface area (Å²) in [6.45, 7) is 8.99. The molecule has 92 heavy (non-hydrogen) atoms. The monoisotopic (exact) mass is 1290 g/mol. The fraction of sp³-hybridized carbons (Fsp3) is 0.635. The summed E-state index contributed by atoms with van der Waals surface area (Å²) in [5.41, 5.74) is 32.1. The van der Waals surface area contributed by atoms with E-state index in [9.17, 15) is 63.0 Å². The van der Waals surface area contributed by atoms with Crippen molar-refractivity contribution in [1.29, 1.82) is 0 Å². The molecule has 0 saturated carbocycles. The number of carbonyl (C=O) groups is 11. The zero-order valence-corrected chi connectivity index (χ0v) is 54.2. The Labute approximate surface area is 539 Å². The van der Waals surface area contributed by atoms with Crippen LogP contribution in [-0.2, 0) is 65.6 Å². The van der Waals surface area contributed by atoms with Gasteiger partial charge in [-0.15, -0.1) is 0 Å². The van der Waals surface area contributed by atoms with E-state index in [1.54, 1.807) is 26.0 Å². The number of aliphatic hydroxyl groups is 2. The third-order valence-electron chi connectivity index (χ3n) is 15.7. The number of hydrogen-bond donors (Lipinski definition) is 18. The zero-order chi connectivity index (χ0) is 68.5. The largest absolute Gasteiger partial charge is 0.391 e. The first-order valence-electron chi connectivity index (χ1n) is 32.1. The Kier molecular flexibility index (Phi) is 35.6. The van der Waals surface area contributed by atoms with Crippen LogP contribution in [0.25, 0.3) is 0 Å². The molecule has 29 nitrogen and oxygen atoms in total. The maximum Gasteiger partial charge on any atom is 0.245 e. The third kappa shape index (κ3) is 27.7. The molecule has 23 N–H and O–H groups in total. The number of carbonyl (C=O) groups excluding carboxylic acids is 11.